The number of nitrogens with zero attached hydrogens (tertiary/aromatic N) is 4. The maximum absolute atomic E-state index is 5.11. The highest BCUT2D eigenvalue weighted by atomic mass is 15.4. The normalized spacial score (nSPS) is 21.3. The second kappa shape index (κ2) is 7.89. The molecule has 1 saturated carbocycles. The lowest BCUT2D eigenvalue weighted by Gasteiger charge is -2.30. The van der Waals surface area contributed by atoms with Crippen LogP contribution in [-0.2, 0) is 0 Å². The molecule has 0 radical (unpaired) electrons. The van der Waals surface area contributed by atoms with Gasteiger partial charge in [-0.2, -0.15) is 5.10 Å². The SMILES string of the molecule is CN[C@H](c1ccccc1)c1nc(C2CCCC2)nn1C1CCN(C)CC1. The quantitative estimate of drug-likeness (QED) is 0.893. The molecule has 4 rings (SSSR count). The van der Waals surface area contributed by atoms with Crippen LogP contribution < -0.4 is 5.32 Å². The molecule has 2 fully saturated rings. The van der Waals surface area contributed by atoms with Crippen LogP contribution >= 0.6 is 0 Å². The molecule has 0 bridgehead atoms. The largest absolute Gasteiger partial charge is 0.307 e. The molecule has 1 aromatic heterocycles. The molecule has 0 unspecified atom stereocenters. The van der Waals surface area contributed by atoms with E-state index in [4.69, 9.17) is 10.1 Å². The van der Waals surface area contributed by atoms with Crippen LogP contribution in [0.25, 0.3) is 0 Å². The molecular formula is C21H31N5. The molecule has 26 heavy (non-hydrogen) atoms. The maximum atomic E-state index is 5.11. The van der Waals surface area contributed by atoms with Gasteiger partial charge in [-0.25, -0.2) is 9.67 Å². The molecule has 5 heteroatoms. The fourth-order valence-electron chi connectivity index (χ4n) is 4.50. The van der Waals surface area contributed by atoms with E-state index in [-0.39, 0.29) is 6.04 Å². The first-order valence-electron chi connectivity index (χ1n) is 10.1. The number of aromatic nitrogens is 3. The van der Waals surface area contributed by atoms with Gasteiger partial charge in [0.25, 0.3) is 0 Å². The third kappa shape index (κ3) is 3.55. The van der Waals surface area contributed by atoms with Gasteiger partial charge in [-0.15, -0.1) is 0 Å². The minimum atomic E-state index is 0.0958. The highest BCUT2D eigenvalue weighted by molar-refractivity contribution is 5.25. The van der Waals surface area contributed by atoms with Crippen LogP contribution in [0.4, 0.5) is 0 Å². The Morgan fingerprint density at radius 2 is 1.73 bits per heavy atom. The lowest BCUT2D eigenvalue weighted by atomic mass is 10.0. The van der Waals surface area contributed by atoms with E-state index in [2.05, 4.69) is 52.3 Å². The van der Waals surface area contributed by atoms with E-state index >= 15 is 0 Å². The Balaban J connectivity index is 1.70. The monoisotopic (exact) mass is 353 g/mol. The van der Waals surface area contributed by atoms with Crippen molar-refractivity contribution in [3.8, 4) is 0 Å². The van der Waals surface area contributed by atoms with Crippen molar-refractivity contribution in [1.82, 2.24) is 25.0 Å². The molecule has 1 N–H and O–H groups in total. The topological polar surface area (TPSA) is 46.0 Å². The molecule has 5 nitrogen and oxygen atoms in total. The van der Waals surface area contributed by atoms with Gasteiger partial charge in [0.05, 0.1) is 12.1 Å². The zero-order chi connectivity index (χ0) is 17.9. The second-order valence-corrected chi connectivity index (χ2v) is 7.92. The fraction of sp³-hybridized carbons (Fsp3) is 0.619. The average molecular weight is 354 g/mol. The van der Waals surface area contributed by atoms with Gasteiger partial charge >= 0.3 is 0 Å². The number of likely N-dealkylation sites (tertiary alicyclic amines) is 1. The van der Waals surface area contributed by atoms with E-state index < -0.39 is 0 Å². The molecule has 1 aromatic carbocycles. The Labute approximate surface area is 156 Å². The predicted octanol–water partition coefficient (Wildman–Crippen LogP) is 3.51. The lowest BCUT2D eigenvalue weighted by Crippen LogP contribution is -2.33. The molecule has 1 aliphatic carbocycles. The third-order valence-electron chi connectivity index (χ3n) is 6.11. The molecule has 1 aliphatic heterocycles. The Hall–Kier alpha value is -1.72. The molecule has 0 spiro atoms. The molecule has 0 amide bonds. The summed E-state index contributed by atoms with van der Waals surface area (Å²) in [5.41, 5.74) is 1.26. The van der Waals surface area contributed by atoms with Gasteiger partial charge in [0, 0.05) is 5.92 Å². The zero-order valence-corrected chi connectivity index (χ0v) is 16.1. The lowest BCUT2D eigenvalue weighted by molar-refractivity contribution is 0.207. The van der Waals surface area contributed by atoms with Crippen LogP contribution in [-0.4, -0.2) is 46.8 Å². The van der Waals surface area contributed by atoms with Crippen molar-refractivity contribution in [2.24, 2.45) is 0 Å². The summed E-state index contributed by atoms with van der Waals surface area (Å²) in [4.78, 5) is 7.52. The molecule has 1 atom stereocenters. The zero-order valence-electron chi connectivity index (χ0n) is 16.1. The number of hydrogen-bond acceptors (Lipinski definition) is 4. The van der Waals surface area contributed by atoms with Crippen molar-refractivity contribution in [3.63, 3.8) is 0 Å². The summed E-state index contributed by atoms with van der Waals surface area (Å²) in [5.74, 6) is 2.72. The Morgan fingerprint density at radius 3 is 2.38 bits per heavy atom. The van der Waals surface area contributed by atoms with E-state index in [0.29, 0.717) is 12.0 Å². The van der Waals surface area contributed by atoms with E-state index in [9.17, 15) is 0 Å². The van der Waals surface area contributed by atoms with Crippen LogP contribution in [0.5, 0.6) is 0 Å². The third-order valence-corrected chi connectivity index (χ3v) is 6.11. The summed E-state index contributed by atoms with van der Waals surface area (Å²) in [6.45, 7) is 2.27. The Bertz CT molecular complexity index is 696. The first-order chi connectivity index (χ1) is 12.8. The summed E-state index contributed by atoms with van der Waals surface area (Å²) in [7, 11) is 4.24. The summed E-state index contributed by atoms with van der Waals surface area (Å²) in [6.07, 6.45) is 7.43. The standard InChI is InChI=1S/C21H31N5/c1-22-19(16-8-4-3-5-9-16)21-23-20(17-10-6-7-11-17)24-26(21)18-12-14-25(2)15-13-18/h3-5,8-9,17-19,22H,6-7,10-15H2,1-2H3/t19-/m1/s1. The minimum absolute atomic E-state index is 0.0958. The van der Waals surface area contributed by atoms with Crippen molar-refractivity contribution >= 4 is 0 Å². The van der Waals surface area contributed by atoms with E-state index in [1.807, 2.05) is 7.05 Å². The molecular weight excluding hydrogens is 322 g/mol. The van der Waals surface area contributed by atoms with Gasteiger partial charge in [0.2, 0.25) is 0 Å². The van der Waals surface area contributed by atoms with Gasteiger partial charge < -0.3 is 10.2 Å². The van der Waals surface area contributed by atoms with Crippen molar-refractivity contribution in [2.75, 3.05) is 27.2 Å². The van der Waals surface area contributed by atoms with E-state index in [0.717, 1.165) is 37.6 Å². The predicted molar refractivity (Wildman–Crippen MR) is 104 cm³/mol. The van der Waals surface area contributed by atoms with Gasteiger partial charge in [-0.05, 0) is 58.4 Å². The van der Waals surface area contributed by atoms with Crippen LogP contribution in [0, 0.1) is 0 Å². The maximum Gasteiger partial charge on any atom is 0.154 e. The smallest absolute Gasteiger partial charge is 0.154 e. The summed E-state index contributed by atoms with van der Waals surface area (Å²) >= 11 is 0. The molecule has 140 valence electrons. The molecule has 1 saturated heterocycles. The van der Waals surface area contributed by atoms with Crippen LogP contribution in [0.2, 0.25) is 0 Å². The second-order valence-electron chi connectivity index (χ2n) is 7.92. The van der Waals surface area contributed by atoms with E-state index in [1.165, 1.54) is 31.2 Å². The van der Waals surface area contributed by atoms with Crippen LogP contribution in [0.15, 0.2) is 30.3 Å². The van der Waals surface area contributed by atoms with Crippen molar-refractivity contribution in [3.05, 3.63) is 47.5 Å². The summed E-state index contributed by atoms with van der Waals surface area (Å²) in [6, 6.07) is 11.2. The Morgan fingerprint density at radius 1 is 1.04 bits per heavy atom. The Kier molecular flexibility index (Phi) is 5.36. The van der Waals surface area contributed by atoms with Gasteiger partial charge in [0.1, 0.15) is 5.82 Å². The number of nitrogens with one attached hydrogen (secondary N) is 1. The van der Waals surface area contributed by atoms with Gasteiger partial charge in [-0.1, -0.05) is 43.2 Å². The van der Waals surface area contributed by atoms with Gasteiger partial charge in [-0.3, -0.25) is 0 Å². The summed E-state index contributed by atoms with van der Waals surface area (Å²) < 4.78 is 2.27. The van der Waals surface area contributed by atoms with Crippen molar-refractivity contribution in [2.45, 2.75) is 56.5 Å². The molecule has 2 aromatic rings. The highest BCUT2D eigenvalue weighted by Gasteiger charge is 2.30. The number of hydrogen-bond donors (Lipinski definition) is 1. The average Bonchev–Trinajstić information content (AvgIpc) is 3.34. The summed E-state index contributed by atoms with van der Waals surface area (Å²) in [5, 5.41) is 8.58. The first kappa shape index (κ1) is 17.7. The van der Waals surface area contributed by atoms with Crippen molar-refractivity contribution < 1.29 is 0 Å². The van der Waals surface area contributed by atoms with Crippen molar-refractivity contribution in [1.29, 1.82) is 0 Å². The van der Waals surface area contributed by atoms with Crippen LogP contribution in [0.3, 0.4) is 0 Å². The fourth-order valence-corrected chi connectivity index (χ4v) is 4.50. The molecule has 2 aliphatic rings. The number of benzene rings is 1. The minimum Gasteiger partial charge on any atom is -0.307 e. The highest BCUT2D eigenvalue weighted by Crippen LogP contribution is 2.35. The van der Waals surface area contributed by atoms with Crippen LogP contribution in [0.1, 0.15) is 73.7 Å². The number of rotatable bonds is 5. The first-order valence-corrected chi connectivity index (χ1v) is 10.1. The van der Waals surface area contributed by atoms with E-state index in [1.54, 1.807) is 0 Å². The van der Waals surface area contributed by atoms with Gasteiger partial charge in [0.15, 0.2) is 5.82 Å². The molecule has 2 heterocycles. The number of piperidine rings is 1.